The van der Waals surface area contributed by atoms with Crippen molar-refractivity contribution in [2.75, 3.05) is 6.54 Å². The highest BCUT2D eigenvalue weighted by molar-refractivity contribution is 6.32. The van der Waals surface area contributed by atoms with Gasteiger partial charge in [0.2, 0.25) is 6.08 Å². The lowest BCUT2D eigenvalue weighted by Gasteiger charge is -2.22. The average molecular weight is 204 g/mol. The summed E-state index contributed by atoms with van der Waals surface area (Å²) in [6.45, 7) is 0.221. The molecule has 1 aliphatic rings. The van der Waals surface area contributed by atoms with E-state index in [0.717, 1.165) is 0 Å². The van der Waals surface area contributed by atoms with Crippen LogP contribution in [0.2, 0.25) is 0 Å². The van der Waals surface area contributed by atoms with Crippen molar-refractivity contribution in [2.45, 2.75) is 11.3 Å². The van der Waals surface area contributed by atoms with Crippen molar-refractivity contribution in [1.29, 1.82) is 0 Å². The molecule has 0 bridgehead atoms. The number of allylic oxidation sites excluding steroid dienone is 3. The van der Waals surface area contributed by atoms with E-state index in [-0.39, 0.29) is 6.54 Å². The van der Waals surface area contributed by atoms with Crippen molar-refractivity contribution in [3.05, 3.63) is 23.3 Å². The Hall–Kier alpha value is -0.560. The molecule has 0 aromatic carbocycles. The molecule has 0 saturated carbocycles. The minimum atomic E-state index is -0.636. The average Bonchev–Trinajstić information content (AvgIpc) is 2.01. The van der Waals surface area contributed by atoms with Crippen LogP contribution in [0.1, 0.15) is 6.42 Å². The maximum Gasteiger partial charge on any atom is 0.235 e. The zero-order valence-corrected chi connectivity index (χ0v) is 7.77. The van der Waals surface area contributed by atoms with Crippen molar-refractivity contribution in [3.63, 3.8) is 0 Å². The Bertz CT molecular complexity index is 275. The third kappa shape index (κ3) is 2.49. The van der Waals surface area contributed by atoms with Gasteiger partial charge in [0.1, 0.15) is 0 Å². The van der Waals surface area contributed by atoms with Crippen LogP contribution in [0.25, 0.3) is 0 Å². The van der Waals surface area contributed by atoms with Crippen LogP contribution in [-0.4, -0.2) is 17.5 Å². The second-order valence-corrected chi connectivity index (χ2v) is 3.83. The fourth-order valence-corrected chi connectivity index (χ4v) is 1.65. The summed E-state index contributed by atoms with van der Waals surface area (Å²) in [5, 5.41) is 0.675. The Morgan fingerprint density at radius 1 is 1.75 bits per heavy atom. The number of hydrogen-bond acceptors (Lipinski definition) is 2. The van der Waals surface area contributed by atoms with Gasteiger partial charge in [0.15, 0.2) is 0 Å². The molecule has 0 aromatic heterocycles. The summed E-state index contributed by atoms with van der Waals surface area (Å²) in [5.74, 6) is 0. The van der Waals surface area contributed by atoms with E-state index in [4.69, 9.17) is 23.2 Å². The summed E-state index contributed by atoms with van der Waals surface area (Å²) < 4.78 is 0. The molecule has 0 N–H and O–H groups in total. The van der Waals surface area contributed by atoms with Crippen molar-refractivity contribution in [3.8, 4) is 0 Å². The second kappa shape index (κ2) is 3.90. The molecule has 1 rings (SSSR count). The molecule has 1 aliphatic carbocycles. The maximum atomic E-state index is 9.85. The first-order chi connectivity index (χ1) is 5.66. The number of carbonyl (C=O) groups excluding carboxylic acids is 1. The molecule has 1 atom stereocenters. The Morgan fingerprint density at radius 2 is 2.50 bits per heavy atom. The minimum absolute atomic E-state index is 0.221. The van der Waals surface area contributed by atoms with Crippen LogP contribution in [-0.2, 0) is 4.79 Å². The summed E-state index contributed by atoms with van der Waals surface area (Å²) >= 11 is 11.8. The number of halogens is 2. The van der Waals surface area contributed by atoms with Gasteiger partial charge >= 0.3 is 0 Å². The molecule has 0 radical (unpaired) electrons. The number of nitrogens with zero attached hydrogens (tertiary/aromatic N) is 1. The lowest BCUT2D eigenvalue weighted by molar-refractivity contribution is 0.560. The zero-order valence-electron chi connectivity index (χ0n) is 6.26. The van der Waals surface area contributed by atoms with Crippen LogP contribution in [0, 0.1) is 0 Å². The third-order valence-corrected chi connectivity index (χ3v) is 2.18. The number of rotatable bonds is 2. The Labute approximate surface area is 80.6 Å². The molecule has 0 amide bonds. The summed E-state index contributed by atoms with van der Waals surface area (Å²) in [6.07, 6.45) is 7.27. The third-order valence-electron chi connectivity index (χ3n) is 1.54. The molecular formula is C8H7Cl2NO. The van der Waals surface area contributed by atoms with E-state index in [2.05, 4.69) is 4.99 Å². The fraction of sp³-hybridized carbons (Fsp3) is 0.375. The van der Waals surface area contributed by atoms with Crippen LogP contribution in [0.4, 0.5) is 0 Å². The van der Waals surface area contributed by atoms with Crippen molar-refractivity contribution in [2.24, 2.45) is 4.99 Å². The van der Waals surface area contributed by atoms with Gasteiger partial charge in [0, 0.05) is 11.5 Å². The number of isocyanates is 1. The van der Waals surface area contributed by atoms with Crippen molar-refractivity contribution >= 4 is 29.3 Å². The van der Waals surface area contributed by atoms with E-state index in [1.165, 1.54) is 6.08 Å². The van der Waals surface area contributed by atoms with Crippen LogP contribution in [0.5, 0.6) is 0 Å². The molecule has 12 heavy (non-hydrogen) atoms. The largest absolute Gasteiger partial charge is 0.235 e. The fourth-order valence-electron chi connectivity index (χ4n) is 0.996. The lowest BCUT2D eigenvalue weighted by atomic mass is 10.00. The normalized spacial score (nSPS) is 27.7. The molecular weight excluding hydrogens is 197 g/mol. The number of aliphatic imine (C=N–C) groups is 1. The second-order valence-electron chi connectivity index (χ2n) is 2.59. The molecule has 0 heterocycles. The molecule has 1 unspecified atom stereocenters. The van der Waals surface area contributed by atoms with Gasteiger partial charge < -0.3 is 0 Å². The SMILES string of the molecule is O=C=NCC1(Cl)C=CC=C(Cl)C1. The first-order valence-electron chi connectivity index (χ1n) is 3.43. The highest BCUT2D eigenvalue weighted by Gasteiger charge is 2.26. The van der Waals surface area contributed by atoms with E-state index in [1.807, 2.05) is 0 Å². The van der Waals surface area contributed by atoms with Crippen molar-refractivity contribution in [1.82, 2.24) is 0 Å². The quantitative estimate of drug-likeness (QED) is 0.385. The summed E-state index contributed by atoms with van der Waals surface area (Å²) in [7, 11) is 0. The van der Waals surface area contributed by atoms with Gasteiger partial charge in [-0.25, -0.2) is 9.79 Å². The van der Waals surface area contributed by atoms with Gasteiger partial charge in [-0.15, -0.1) is 11.6 Å². The zero-order chi connectivity index (χ0) is 9.03. The topological polar surface area (TPSA) is 29.4 Å². The van der Waals surface area contributed by atoms with Crippen LogP contribution < -0.4 is 0 Å². The molecule has 0 aliphatic heterocycles. The number of hydrogen-bond donors (Lipinski definition) is 0. The summed E-state index contributed by atoms with van der Waals surface area (Å²) in [5.41, 5.74) is 0. The number of alkyl halides is 1. The predicted molar refractivity (Wildman–Crippen MR) is 49.3 cm³/mol. The lowest BCUT2D eigenvalue weighted by Crippen LogP contribution is -2.23. The Balaban J connectivity index is 2.68. The monoisotopic (exact) mass is 203 g/mol. The molecule has 64 valence electrons. The minimum Gasteiger partial charge on any atom is -0.211 e. The first-order valence-corrected chi connectivity index (χ1v) is 4.18. The first kappa shape index (κ1) is 9.53. The Kier molecular flexibility index (Phi) is 3.10. The molecule has 0 spiro atoms. The van der Waals surface area contributed by atoms with Gasteiger partial charge in [-0.3, -0.25) is 0 Å². The summed E-state index contributed by atoms with van der Waals surface area (Å²) in [6, 6.07) is 0. The van der Waals surface area contributed by atoms with Crippen molar-refractivity contribution < 1.29 is 4.79 Å². The standard InChI is InChI=1S/C8H7Cl2NO/c9-7-2-1-3-8(10,4-7)5-11-6-12/h1-3H,4-5H2. The predicted octanol–water partition coefficient (Wildman–Crippen LogP) is 2.38. The van der Waals surface area contributed by atoms with E-state index in [9.17, 15) is 4.79 Å². The smallest absolute Gasteiger partial charge is 0.211 e. The van der Waals surface area contributed by atoms with Gasteiger partial charge in [-0.1, -0.05) is 23.8 Å². The Morgan fingerprint density at radius 3 is 3.08 bits per heavy atom. The van der Waals surface area contributed by atoms with E-state index < -0.39 is 4.87 Å². The maximum absolute atomic E-state index is 9.85. The van der Waals surface area contributed by atoms with Gasteiger partial charge in [0.25, 0.3) is 0 Å². The van der Waals surface area contributed by atoms with Crippen LogP contribution in [0.15, 0.2) is 28.3 Å². The van der Waals surface area contributed by atoms with Crippen LogP contribution >= 0.6 is 23.2 Å². The molecule has 2 nitrogen and oxygen atoms in total. The van der Waals surface area contributed by atoms with Gasteiger partial charge in [-0.05, 0) is 6.08 Å². The van der Waals surface area contributed by atoms with Crippen LogP contribution in [0.3, 0.4) is 0 Å². The van der Waals surface area contributed by atoms with E-state index in [1.54, 1.807) is 18.2 Å². The molecule has 0 fully saturated rings. The molecule has 4 heteroatoms. The molecule has 0 aromatic rings. The highest BCUT2D eigenvalue weighted by atomic mass is 35.5. The van der Waals surface area contributed by atoms with E-state index >= 15 is 0 Å². The van der Waals surface area contributed by atoms with Gasteiger partial charge in [-0.2, -0.15) is 0 Å². The molecule has 0 saturated heterocycles. The van der Waals surface area contributed by atoms with E-state index in [0.29, 0.717) is 11.5 Å². The summed E-state index contributed by atoms with van der Waals surface area (Å²) in [4.78, 5) is 12.6. The van der Waals surface area contributed by atoms with Gasteiger partial charge in [0.05, 0.1) is 11.4 Å². The highest BCUT2D eigenvalue weighted by Crippen LogP contribution is 2.31.